The summed E-state index contributed by atoms with van der Waals surface area (Å²) in [6, 6.07) is 4.79. The second-order valence-electron chi connectivity index (χ2n) is 4.97. The Balaban J connectivity index is 1.88. The summed E-state index contributed by atoms with van der Waals surface area (Å²) in [5.41, 5.74) is 2.26. The smallest absolute Gasteiger partial charge is 0.219 e. The lowest BCUT2D eigenvalue weighted by molar-refractivity contribution is -0.129. The Labute approximate surface area is 129 Å². The first-order valence-electron chi connectivity index (χ1n) is 6.58. The number of rotatable bonds is 2. The Hall–Kier alpha value is -1.89. The summed E-state index contributed by atoms with van der Waals surface area (Å²) in [6.07, 6.45) is 0.729. The lowest BCUT2D eigenvalue weighted by atomic mass is 10.1. The van der Waals surface area contributed by atoms with Gasteiger partial charge in [0.25, 0.3) is 0 Å². The van der Waals surface area contributed by atoms with Crippen LogP contribution < -0.4 is 5.32 Å². The Morgan fingerprint density at radius 3 is 3.05 bits per heavy atom. The van der Waals surface area contributed by atoms with E-state index in [-0.39, 0.29) is 11.7 Å². The van der Waals surface area contributed by atoms with Gasteiger partial charge in [-0.3, -0.25) is 9.89 Å². The highest BCUT2D eigenvalue weighted by molar-refractivity contribution is 9.10. The first-order chi connectivity index (χ1) is 10.0. The van der Waals surface area contributed by atoms with Crippen LogP contribution in [0, 0.1) is 5.82 Å². The van der Waals surface area contributed by atoms with Crippen molar-refractivity contribution in [1.82, 2.24) is 15.1 Å². The largest absolute Gasteiger partial charge is 0.338 e. The van der Waals surface area contributed by atoms with Gasteiger partial charge in [-0.25, -0.2) is 4.39 Å². The third-order valence-electron chi connectivity index (χ3n) is 3.56. The van der Waals surface area contributed by atoms with Crippen LogP contribution in [-0.4, -0.2) is 27.5 Å². The van der Waals surface area contributed by atoms with Crippen LogP contribution in [0.5, 0.6) is 0 Å². The molecule has 1 aliphatic heterocycles. The molecule has 0 aliphatic carbocycles. The van der Waals surface area contributed by atoms with Crippen molar-refractivity contribution in [1.29, 1.82) is 0 Å². The molecular formula is C14H14BrFN4O. The molecule has 0 atom stereocenters. The van der Waals surface area contributed by atoms with Crippen LogP contribution in [0.4, 0.5) is 15.9 Å². The SMILES string of the molecule is CC(=O)N1CCc2[nH]nc(Nc3ccc(Br)cc3F)c2C1. The van der Waals surface area contributed by atoms with Gasteiger partial charge in [-0.1, -0.05) is 15.9 Å². The van der Waals surface area contributed by atoms with E-state index >= 15 is 0 Å². The van der Waals surface area contributed by atoms with Gasteiger partial charge >= 0.3 is 0 Å². The van der Waals surface area contributed by atoms with E-state index in [1.165, 1.54) is 6.07 Å². The summed E-state index contributed by atoms with van der Waals surface area (Å²) in [5.74, 6) is 0.236. The van der Waals surface area contributed by atoms with Gasteiger partial charge in [0.05, 0.1) is 12.2 Å². The molecule has 0 bridgehead atoms. The number of halogens is 2. The highest BCUT2D eigenvalue weighted by Gasteiger charge is 2.23. The Morgan fingerprint density at radius 2 is 2.33 bits per heavy atom. The molecule has 1 aliphatic rings. The second kappa shape index (κ2) is 5.48. The van der Waals surface area contributed by atoms with Crippen LogP contribution in [0.25, 0.3) is 0 Å². The van der Waals surface area contributed by atoms with Crippen LogP contribution in [0.3, 0.4) is 0 Å². The summed E-state index contributed by atoms with van der Waals surface area (Å²) in [5, 5.41) is 10.1. The molecule has 1 amide bonds. The number of benzene rings is 1. The third-order valence-corrected chi connectivity index (χ3v) is 4.06. The van der Waals surface area contributed by atoms with Crippen molar-refractivity contribution in [2.24, 2.45) is 0 Å². The molecule has 0 fully saturated rings. The molecular weight excluding hydrogens is 339 g/mol. The number of hydrogen-bond donors (Lipinski definition) is 2. The molecule has 3 rings (SSSR count). The van der Waals surface area contributed by atoms with E-state index in [0.29, 0.717) is 29.1 Å². The summed E-state index contributed by atoms with van der Waals surface area (Å²) < 4.78 is 14.6. The molecule has 2 N–H and O–H groups in total. The number of nitrogens with zero attached hydrogens (tertiary/aromatic N) is 2. The van der Waals surface area contributed by atoms with E-state index in [9.17, 15) is 9.18 Å². The minimum absolute atomic E-state index is 0.0302. The van der Waals surface area contributed by atoms with E-state index in [1.807, 2.05) is 0 Å². The van der Waals surface area contributed by atoms with Gasteiger partial charge < -0.3 is 10.2 Å². The molecule has 7 heteroatoms. The molecule has 5 nitrogen and oxygen atoms in total. The third kappa shape index (κ3) is 2.78. The molecule has 2 heterocycles. The fourth-order valence-electron chi connectivity index (χ4n) is 2.39. The maximum absolute atomic E-state index is 13.9. The van der Waals surface area contributed by atoms with E-state index in [4.69, 9.17) is 0 Å². The number of carbonyl (C=O) groups excluding carboxylic acids is 1. The topological polar surface area (TPSA) is 61.0 Å². The predicted octanol–water partition coefficient (Wildman–Crippen LogP) is 2.96. The zero-order valence-electron chi connectivity index (χ0n) is 11.4. The average molecular weight is 353 g/mol. The van der Waals surface area contributed by atoms with Crippen molar-refractivity contribution >= 4 is 33.3 Å². The standard InChI is InChI=1S/C14H14BrFN4O/c1-8(21)20-5-4-12-10(7-20)14(19-18-12)17-13-3-2-9(15)6-11(13)16/h2-3,6H,4-5,7H2,1H3,(H2,17,18,19). The summed E-state index contributed by atoms with van der Waals surface area (Å²) in [7, 11) is 0. The highest BCUT2D eigenvalue weighted by Crippen LogP contribution is 2.28. The number of carbonyl (C=O) groups is 1. The molecule has 1 aromatic carbocycles. The first kappa shape index (κ1) is 14.1. The monoisotopic (exact) mass is 352 g/mol. The lowest BCUT2D eigenvalue weighted by Gasteiger charge is -2.25. The van der Waals surface area contributed by atoms with Gasteiger partial charge in [-0.05, 0) is 18.2 Å². The fourth-order valence-corrected chi connectivity index (χ4v) is 2.72. The van der Waals surface area contributed by atoms with Crippen molar-refractivity contribution < 1.29 is 9.18 Å². The minimum Gasteiger partial charge on any atom is -0.338 e. The van der Waals surface area contributed by atoms with Crippen LogP contribution in [-0.2, 0) is 17.8 Å². The zero-order valence-corrected chi connectivity index (χ0v) is 13.0. The van der Waals surface area contributed by atoms with Gasteiger partial charge in [0, 0.05) is 35.6 Å². The molecule has 0 unspecified atom stereocenters. The molecule has 21 heavy (non-hydrogen) atoms. The van der Waals surface area contributed by atoms with E-state index in [1.54, 1.807) is 24.0 Å². The van der Waals surface area contributed by atoms with E-state index in [0.717, 1.165) is 17.7 Å². The van der Waals surface area contributed by atoms with Gasteiger partial charge in [0.2, 0.25) is 5.91 Å². The van der Waals surface area contributed by atoms with Crippen LogP contribution in [0.2, 0.25) is 0 Å². The number of aromatic amines is 1. The number of fused-ring (bicyclic) bond motifs is 1. The number of hydrogen-bond acceptors (Lipinski definition) is 3. The number of nitrogens with one attached hydrogen (secondary N) is 2. The predicted molar refractivity (Wildman–Crippen MR) is 80.8 cm³/mol. The van der Waals surface area contributed by atoms with Gasteiger partial charge in [0.15, 0.2) is 5.82 Å². The Morgan fingerprint density at radius 1 is 1.52 bits per heavy atom. The number of H-pyrrole nitrogens is 1. The minimum atomic E-state index is -0.361. The molecule has 0 saturated heterocycles. The van der Waals surface area contributed by atoms with Crippen molar-refractivity contribution in [3.05, 3.63) is 39.7 Å². The van der Waals surface area contributed by atoms with Crippen molar-refractivity contribution in [3.63, 3.8) is 0 Å². The average Bonchev–Trinajstić information content (AvgIpc) is 2.84. The molecule has 110 valence electrons. The number of anilines is 2. The molecule has 0 spiro atoms. The maximum Gasteiger partial charge on any atom is 0.219 e. The quantitative estimate of drug-likeness (QED) is 0.873. The normalized spacial score (nSPS) is 14.0. The maximum atomic E-state index is 13.9. The van der Waals surface area contributed by atoms with Crippen LogP contribution in [0.15, 0.2) is 22.7 Å². The van der Waals surface area contributed by atoms with Crippen molar-refractivity contribution in [3.8, 4) is 0 Å². The summed E-state index contributed by atoms with van der Waals surface area (Å²) in [6.45, 7) is 2.71. The molecule has 2 aromatic rings. The van der Waals surface area contributed by atoms with E-state index in [2.05, 4.69) is 31.4 Å². The fraction of sp³-hybridized carbons (Fsp3) is 0.286. The number of amides is 1. The Bertz CT molecular complexity index is 700. The van der Waals surface area contributed by atoms with Crippen LogP contribution >= 0.6 is 15.9 Å². The Kier molecular flexibility index (Phi) is 3.67. The van der Waals surface area contributed by atoms with Crippen molar-refractivity contribution in [2.75, 3.05) is 11.9 Å². The zero-order chi connectivity index (χ0) is 15.0. The molecule has 0 radical (unpaired) electrons. The molecule has 0 saturated carbocycles. The second-order valence-corrected chi connectivity index (χ2v) is 5.88. The van der Waals surface area contributed by atoms with E-state index < -0.39 is 0 Å². The number of aromatic nitrogens is 2. The first-order valence-corrected chi connectivity index (χ1v) is 7.37. The summed E-state index contributed by atoms with van der Waals surface area (Å²) >= 11 is 3.22. The van der Waals surface area contributed by atoms with Crippen molar-refractivity contribution in [2.45, 2.75) is 19.9 Å². The highest BCUT2D eigenvalue weighted by atomic mass is 79.9. The van der Waals surface area contributed by atoms with Crippen LogP contribution in [0.1, 0.15) is 18.2 Å². The van der Waals surface area contributed by atoms with Gasteiger partial charge in [-0.15, -0.1) is 0 Å². The van der Waals surface area contributed by atoms with Gasteiger partial charge in [0.1, 0.15) is 5.82 Å². The lowest BCUT2D eigenvalue weighted by Crippen LogP contribution is -2.34. The van der Waals surface area contributed by atoms with Gasteiger partial charge in [-0.2, -0.15) is 5.10 Å². The molecule has 1 aromatic heterocycles. The summed E-state index contributed by atoms with van der Waals surface area (Å²) in [4.78, 5) is 13.3.